The SMILES string of the molecule is O=C(NCc1ccccc1N1CCCC1)c1ccc(NS(=O)(=O)c2ccccc2)cc1. The Morgan fingerprint density at radius 1 is 0.839 bits per heavy atom. The van der Waals surface area contributed by atoms with E-state index in [4.69, 9.17) is 0 Å². The first-order chi connectivity index (χ1) is 15.0. The fourth-order valence-corrected chi connectivity index (χ4v) is 4.79. The van der Waals surface area contributed by atoms with Gasteiger partial charge in [-0.2, -0.15) is 0 Å². The van der Waals surface area contributed by atoms with Gasteiger partial charge in [0, 0.05) is 36.6 Å². The number of nitrogens with zero attached hydrogens (tertiary/aromatic N) is 1. The molecule has 1 aliphatic heterocycles. The molecule has 0 aromatic heterocycles. The van der Waals surface area contributed by atoms with Gasteiger partial charge >= 0.3 is 0 Å². The quantitative estimate of drug-likeness (QED) is 0.588. The van der Waals surface area contributed by atoms with Crippen molar-refractivity contribution >= 4 is 27.3 Å². The van der Waals surface area contributed by atoms with Crippen LogP contribution >= 0.6 is 0 Å². The third kappa shape index (κ3) is 5.06. The number of amides is 1. The van der Waals surface area contributed by atoms with Crippen LogP contribution in [0.2, 0.25) is 0 Å². The van der Waals surface area contributed by atoms with Crippen molar-refractivity contribution in [2.45, 2.75) is 24.3 Å². The lowest BCUT2D eigenvalue weighted by Gasteiger charge is -2.21. The number of anilines is 2. The van der Waals surface area contributed by atoms with Gasteiger partial charge in [0.25, 0.3) is 15.9 Å². The molecule has 0 unspecified atom stereocenters. The average Bonchev–Trinajstić information content (AvgIpc) is 3.33. The van der Waals surface area contributed by atoms with E-state index >= 15 is 0 Å². The van der Waals surface area contributed by atoms with Crippen molar-refractivity contribution in [3.8, 4) is 0 Å². The predicted molar refractivity (Wildman–Crippen MR) is 123 cm³/mol. The molecule has 0 saturated carbocycles. The smallest absolute Gasteiger partial charge is 0.261 e. The number of carbonyl (C=O) groups is 1. The summed E-state index contributed by atoms with van der Waals surface area (Å²) in [5.74, 6) is -0.200. The number of carbonyl (C=O) groups excluding carboxylic acids is 1. The van der Waals surface area contributed by atoms with Gasteiger partial charge in [0.15, 0.2) is 0 Å². The normalized spacial score (nSPS) is 13.7. The van der Waals surface area contributed by atoms with Crippen molar-refractivity contribution in [3.05, 3.63) is 90.0 Å². The molecule has 0 radical (unpaired) electrons. The van der Waals surface area contributed by atoms with Gasteiger partial charge in [0.2, 0.25) is 0 Å². The van der Waals surface area contributed by atoms with E-state index in [1.165, 1.54) is 30.7 Å². The third-order valence-electron chi connectivity index (χ3n) is 5.33. The largest absolute Gasteiger partial charge is 0.371 e. The third-order valence-corrected chi connectivity index (χ3v) is 6.73. The minimum absolute atomic E-state index is 0.188. The molecule has 0 atom stereocenters. The highest BCUT2D eigenvalue weighted by atomic mass is 32.2. The summed E-state index contributed by atoms with van der Waals surface area (Å²) >= 11 is 0. The summed E-state index contributed by atoms with van der Waals surface area (Å²) in [5, 5.41) is 2.97. The van der Waals surface area contributed by atoms with Gasteiger partial charge in [-0.05, 0) is 60.9 Å². The fraction of sp³-hybridized carbons (Fsp3) is 0.208. The number of nitrogens with one attached hydrogen (secondary N) is 2. The number of hydrogen-bond donors (Lipinski definition) is 2. The first-order valence-electron chi connectivity index (χ1n) is 10.3. The molecule has 0 spiro atoms. The maximum atomic E-state index is 12.6. The average molecular weight is 436 g/mol. The molecule has 1 fully saturated rings. The van der Waals surface area contributed by atoms with Crippen LogP contribution in [0.15, 0.2) is 83.8 Å². The molecule has 6 nitrogen and oxygen atoms in total. The summed E-state index contributed by atoms with van der Waals surface area (Å²) in [5.41, 5.74) is 3.14. The van der Waals surface area contributed by atoms with Gasteiger partial charge in [-0.3, -0.25) is 9.52 Å². The zero-order valence-corrected chi connectivity index (χ0v) is 17.9. The number of sulfonamides is 1. The first-order valence-corrected chi connectivity index (χ1v) is 11.8. The Hall–Kier alpha value is -3.32. The molecule has 4 rings (SSSR count). The Bertz CT molecular complexity index is 1140. The Morgan fingerprint density at radius 3 is 2.19 bits per heavy atom. The molecule has 3 aromatic rings. The van der Waals surface area contributed by atoms with E-state index in [-0.39, 0.29) is 10.8 Å². The molecule has 7 heteroatoms. The molecule has 1 saturated heterocycles. The Morgan fingerprint density at radius 2 is 1.48 bits per heavy atom. The molecule has 160 valence electrons. The van der Waals surface area contributed by atoms with Crippen LogP contribution in [-0.4, -0.2) is 27.4 Å². The maximum Gasteiger partial charge on any atom is 0.261 e. The summed E-state index contributed by atoms with van der Waals surface area (Å²) in [6.45, 7) is 2.53. The van der Waals surface area contributed by atoms with Crippen LogP contribution in [0.25, 0.3) is 0 Å². The second-order valence-electron chi connectivity index (χ2n) is 7.50. The van der Waals surface area contributed by atoms with Crippen molar-refractivity contribution in [2.24, 2.45) is 0 Å². The zero-order chi connectivity index (χ0) is 21.7. The van der Waals surface area contributed by atoms with Crippen LogP contribution in [-0.2, 0) is 16.6 Å². The molecular weight excluding hydrogens is 410 g/mol. The summed E-state index contributed by atoms with van der Waals surface area (Å²) in [4.78, 5) is 15.1. The van der Waals surface area contributed by atoms with Crippen molar-refractivity contribution in [3.63, 3.8) is 0 Å². The van der Waals surface area contributed by atoms with Gasteiger partial charge < -0.3 is 10.2 Å². The van der Waals surface area contributed by atoms with E-state index in [0.29, 0.717) is 17.8 Å². The molecule has 1 aliphatic rings. The number of hydrogen-bond acceptors (Lipinski definition) is 4. The van der Waals surface area contributed by atoms with E-state index in [9.17, 15) is 13.2 Å². The monoisotopic (exact) mass is 435 g/mol. The highest BCUT2D eigenvalue weighted by Crippen LogP contribution is 2.24. The summed E-state index contributed by atoms with van der Waals surface area (Å²) in [6, 6.07) is 22.7. The lowest BCUT2D eigenvalue weighted by Crippen LogP contribution is -2.25. The minimum atomic E-state index is -3.66. The highest BCUT2D eigenvalue weighted by molar-refractivity contribution is 7.92. The summed E-state index contributed by atoms with van der Waals surface area (Å²) < 4.78 is 27.4. The highest BCUT2D eigenvalue weighted by Gasteiger charge is 2.16. The van der Waals surface area contributed by atoms with Gasteiger partial charge in [0.05, 0.1) is 4.90 Å². The second-order valence-corrected chi connectivity index (χ2v) is 9.18. The minimum Gasteiger partial charge on any atom is -0.371 e. The fourth-order valence-electron chi connectivity index (χ4n) is 3.71. The van der Waals surface area contributed by atoms with Crippen molar-refractivity contribution in [2.75, 3.05) is 22.7 Å². The van der Waals surface area contributed by atoms with Gasteiger partial charge in [0.1, 0.15) is 0 Å². The molecule has 31 heavy (non-hydrogen) atoms. The molecule has 0 bridgehead atoms. The van der Waals surface area contributed by atoms with Crippen molar-refractivity contribution in [1.29, 1.82) is 0 Å². The number of rotatable bonds is 7. The standard InChI is InChI=1S/C24H25N3O3S/c28-24(25-18-20-8-4-5-11-23(20)27-16-6-7-17-27)19-12-14-21(15-13-19)26-31(29,30)22-9-2-1-3-10-22/h1-5,8-15,26H,6-7,16-18H2,(H,25,28). The number of para-hydroxylation sites is 1. The Labute approximate surface area is 183 Å². The lowest BCUT2D eigenvalue weighted by atomic mass is 10.1. The zero-order valence-electron chi connectivity index (χ0n) is 17.1. The molecule has 1 heterocycles. The summed E-state index contributed by atoms with van der Waals surface area (Å²) in [6.07, 6.45) is 2.39. The Kier molecular flexibility index (Phi) is 6.23. The van der Waals surface area contributed by atoms with Crippen LogP contribution in [0.1, 0.15) is 28.8 Å². The van der Waals surface area contributed by atoms with Crippen LogP contribution in [0.3, 0.4) is 0 Å². The summed E-state index contributed by atoms with van der Waals surface area (Å²) in [7, 11) is -3.66. The van der Waals surface area contributed by atoms with Gasteiger partial charge in [-0.1, -0.05) is 36.4 Å². The molecular formula is C24H25N3O3S. The first kappa shape index (κ1) is 20.9. The van der Waals surface area contributed by atoms with Crippen LogP contribution in [0.4, 0.5) is 11.4 Å². The molecule has 3 aromatic carbocycles. The molecule has 0 aliphatic carbocycles. The van der Waals surface area contributed by atoms with Crippen LogP contribution < -0.4 is 14.9 Å². The van der Waals surface area contributed by atoms with Crippen LogP contribution in [0, 0.1) is 0 Å². The number of benzene rings is 3. The van der Waals surface area contributed by atoms with E-state index in [0.717, 1.165) is 18.7 Å². The lowest BCUT2D eigenvalue weighted by molar-refractivity contribution is 0.0951. The molecule has 2 N–H and O–H groups in total. The Balaban J connectivity index is 1.39. The maximum absolute atomic E-state index is 12.6. The molecule has 1 amide bonds. The second kappa shape index (κ2) is 9.22. The van der Waals surface area contributed by atoms with Crippen molar-refractivity contribution < 1.29 is 13.2 Å². The van der Waals surface area contributed by atoms with E-state index < -0.39 is 10.0 Å². The van der Waals surface area contributed by atoms with Crippen molar-refractivity contribution in [1.82, 2.24) is 5.32 Å². The topological polar surface area (TPSA) is 78.5 Å². The van der Waals surface area contributed by atoms with E-state index in [1.54, 1.807) is 42.5 Å². The van der Waals surface area contributed by atoms with Gasteiger partial charge in [-0.25, -0.2) is 8.42 Å². The predicted octanol–water partition coefficient (Wildman–Crippen LogP) is 4.02. The van der Waals surface area contributed by atoms with E-state index in [1.807, 2.05) is 18.2 Å². The van der Waals surface area contributed by atoms with Gasteiger partial charge in [-0.15, -0.1) is 0 Å². The van der Waals surface area contributed by atoms with Crippen LogP contribution in [0.5, 0.6) is 0 Å². The van der Waals surface area contributed by atoms with E-state index in [2.05, 4.69) is 21.0 Å².